The van der Waals surface area contributed by atoms with Crippen LogP contribution in [0.25, 0.3) is 33.1 Å². The van der Waals surface area contributed by atoms with Gasteiger partial charge in [-0.25, -0.2) is 0 Å². The zero-order chi connectivity index (χ0) is 22.6. The molecule has 0 amide bonds. The number of para-hydroxylation sites is 1. The maximum Gasteiger partial charge on any atom is 0.488 e. The second-order valence-electron chi connectivity index (χ2n) is 9.11. The van der Waals surface area contributed by atoms with Gasteiger partial charge in [0.05, 0.1) is 11.0 Å². The van der Waals surface area contributed by atoms with E-state index in [0.717, 1.165) is 33.9 Å². The molecule has 0 saturated carbocycles. The van der Waals surface area contributed by atoms with Crippen molar-refractivity contribution in [2.75, 3.05) is 0 Å². The van der Waals surface area contributed by atoms with Crippen molar-refractivity contribution in [1.29, 1.82) is 0 Å². The molecule has 0 saturated heterocycles. The zero-order valence-electron chi connectivity index (χ0n) is 19.1. The summed E-state index contributed by atoms with van der Waals surface area (Å²) in [6.07, 6.45) is 5.36. The molecule has 0 unspecified atom stereocenters. The van der Waals surface area contributed by atoms with Gasteiger partial charge in [0.1, 0.15) is 0 Å². The van der Waals surface area contributed by atoms with Crippen LogP contribution in [-0.4, -0.2) is 21.7 Å². The predicted octanol–water partition coefficient (Wildman–Crippen LogP) is 5.49. The van der Waals surface area contributed by atoms with Crippen molar-refractivity contribution in [3.05, 3.63) is 89.5 Å². The fourth-order valence-corrected chi connectivity index (χ4v) is 5.49. The minimum atomic E-state index is -1.49. The quantitative estimate of drug-likeness (QED) is 0.428. The van der Waals surface area contributed by atoms with Crippen LogP contribution in [0.4, 0.5) is 0 Å². The molecular weight excluding hydrogens is 393 g/mol. The molecule has 0 bridgehead atoms. The predicted molar refractivity (Wildman–Crippen MR) is 136 cm³/mol. The van der Waals surface area contributed by atoms with E-state index in [0.29, 0.717) is 5.46 Å². The fraction of sp³-hybridized carbons (Fsp3) is 0.214. The van der Waals surface area contributed by atoms with Crippen LogP contribution in [0.1, 0.15) is 45.2 Å². The first kappa shape index (κ1) is 20.8. The monoisotopic (exact) mass is 421 g/mol. The smallest absolute Gasteiger partial charge is 0.423 e. The van der Waals surface area contributed by atoms with Gasteiger partial charge in [0.15, 0.2) is 0 Å². The number of nitrogens with zero attached hydrogens (tertiary/aromatic N) is 1. The number of rotatable bonds is 4. The van der Waals surface area contributed by atoms with Crippen LogP contribution in [-0.2, 0) is 5.41 Å². The Morgan fingerprint density at radius 1 is 0.938 bits per heavy atom. The minimum absolute atomic E-state index is 0.0441. The van der Waals surface area contributed by atoms with Crippen molar-refractivity contribution >= 4 is 40.0 Å². The van der Waals surface area contributed by atoms with Gasteiger partial charge in [-0.05, 0) is 65.8 Å². The Bertz CT molecular complexity index is 1410. The molecule has 0 radical (unpaired) electrons. The molecule has 32 heavy (non-hydrogen) atoms. The summed E-state index contributed by atoms with van der Waals surface area (Å²) in [7, 11) is -1.49. The number of fused-ring (bicyclic) bond motifs is 4. The van der Waals surface area contributed by atoms with Crippen LogP contribution < -0.4 is 5.46 Å². The Labute approximate surface area is 189 Å². The van der Waals surface area contributed by atoms with E-state index in [9.17, 15) is 10.0 Å². The summed E-state index contributed by atoms with van der Waals surface area (Å²) in [5.41, 5.74) is 9.15. The van der Waals surface area contributed by atoms with Gasteiger partial charge in [-0.15, -0.1) is 0 Å². The molecule has 0 aliphatic heterocycles. The molecule has 2 N–H and O–H groups in total. The molecule has 3 aromatic carbocycles. The number of hydrogen-bond acceptors (Lipinski definition) is 2. The van der Waals surface area contributed by atoms with Crippen molar-refractivity contribution in [3.63, 3.8) is 0 Å². The molecule has 5 rings (SSSR count). The molecular formula is C28H28BNO2. The van der Waals surface area contributed by atoms with Crippen LogP contribution in [0, 0.1) is 0 Å². The molecule has 3 nitrogen and oxygen atoms in total. The lowest BCUT2D eigenvalue weighted by molar-refractivity contribution is 0.426. The molecule has 1 aliphatic carbocycles. The van der Waals surface area contributed by atoms with Crippen LogP contribution in [0.3, 0.4) is 0 Å². The summed E-state index contributed by atoms with van der Waals surface area (Å²) >= 11 is 0. The van der Waals surface area contributed by atoms with Gasteiger partial charge in [-0.1, -0.05) is 68.8 Å². The Morgan fingerprint density at radius 3 is 2.31 bits per heavy atom. The summed E-state index contributed by atoms with van der Waals surface area (Å²) in [5, 5.41) is 21.8. The largest absolute Gasteiger partial charge is 0.488 e. The fourth-order valence-electron chi connectivity index (χ4n) is 5.49. The van der Waals surface area contributed by atoms with E-state index in [1.54, 1.807) is 6.07 Å². The minimum Gasteiger partial charge on any atom is -0.423 e. The van der Waals surface area contributed by atoms with Gasteiger partial charge in [-0.2, -0.15) is 0 Å². The van der Waals surface area contributed by atoms with Gasteiger partial charge in [0, 0.05) is 21.9 Å². The SMILES string of the molecule is C/C=C\C1=C(CC)C(C)(C)c2cc3c(cc21)c1cc(B(O)O)ccc1n3-c1ccccc1. The highest BCUT2D eigenvalue weighted by Gasteiger charge is 2.36. The first-order valence-corrected chi connectivity index (χ1v) is 11.3. The van der Waals surface area contributed by atoms with E-state index in [1.165, 1.54) is 22.3 Å². The Kier molecular flexibility index (Phi) is 4.88. The second-order valence-corrected chi connectivity index (χ2v) is 9.11. The Morgan fingerprint density at radius 2 is 1.66 bits per heavy atom. The van der Waals surface area contributed by atoms with E-state index >= 15 is 0 Å². The van der Waals surface area contributed by atoms with Crippen LogP contribution >= 0.6 is 0 Å². The lowest BCUT2D eigenvalue weighted by Gasteiger charge is -2.24. The third-order valence-electron chi connectivity index (χ3n) is 6.97. The average Bonchev–Trinajstić information content (AvgIpc) is 3.21. The first-order valence-electron chi connectivity index (χ1n) is 11.3. The number of hydrogen-bond donors (Lipinski definition) is 2. The summed E-state index contributed by atoms with van der Waals surface area (Å²) in [5.74, 6) is 0. The maximum absolute atomic E-state index is 9.81. The van der Waals surface area contributed by atoms with E-state index in [4.69, 9.17) is 0 Å². The highest BCUT2D eigenvalue weighted by Crippen LogP contribution is 2.50. The third-order valence-corrected chi connectivity index (χ3v) is 6.97. The van der Waals surface area contributed by atoms with Gasteiger partial charge in [0.2, 0.25) is 0 Å². The molecule has 160 valence electrons. The van der Waals surface area contributed by atoms with E-state index < -0.39 is 7.12 Å². The second kappa shape index (κ2) is 7.51. The summed E-state index contributed by atoms with van der Waals surface area (Å²) in [6.45, 7) is 8.95. The average molecular weight is 421 g/mol. The van der Waals surface area contributed by atoms with E-state index in [2.05, 4.69) is 80.8 Å². The van der Waals surface area contributed by atoms with Crippen molar-refractivity contribution in [2.24, 2.45) is 0 Å². The molecule has 0 fully saturated rings. The van der Waals surface area contributed by atoms with E-state index in [-0.39, 0.29) is 5.41 Å². The van der Waals surface area contributed by atoms with Crippen molar-refractivity contribution in [1.82, 2.24) is 4.57 Å². The number of benzene rings is 3. The van der Waals surface area contributed by atoms with Crippen LogP contribution in [0.5, 0.6) is 0 Å². The van der Waals surface area contributed by atoms with Crippen molar-refractivity contribution < 1.29 is 10.0 Å². The lowest BCUT2D eigenvalue weighted by atomic mass is 9.79. The number of allylic oxidation sites excluding steroid dienone is 4. The Hall–Kier alpha value is -3.08. The molecule has 0 spiro atoms. The topological polar surface area (TPSA) is 45.4 Å². The number of aromatic nitrogens is 1. The summed E-state index contributed by atoms with van der Waals surface area (Å²) in [4.78, 5) is 0. The molecule has 4 heteroatoms. The van der Waals surface area contributed by atoms with Gasteiger partial charge in [0.25, 0.3) is 0 Å². The first-order chi connectivity index (χ1) is 15.4. The molecule has 1 aliphatic rings. The van der Waals surface area contributed by atoms with Crippen molar-refractivity contribution in [3.8, 4) is 5.69 Å². The lowest BCUT2D eigenvalue weighted by Crippen LogP contribution is -2.29. The van der Waals surface area contributed by atoms with Crippen LogP contribution in [0.15, 0.2) is 78.4 Å². The molecule has 4 aromatic rings. The van der Waals surface area contributed by atoms with Gasteiger partial charge < -0.3 is 14.6 Å². The Balaban J connectivity index is 1.93. The van der Waals surface area contributed by atoms with E-state index in [1.807, 2.05) is 18.2 Å². The van der Waals surface area contributed by atoms with Crippen LogP contribution in [0.2, 0.25) is 0 Å². The van der Waals surface area contributed by atoms with Crippen molar-refractivity contribution in [2.45, 2.75) is 39.5 Å². The highest BCUT2D eigenvalue weighted by molar-refractivity contribution is 6.59. The van der Waals surface area contributed by atoms with Gasteiger partial charge in [-0.3, -0.25) is 0 Å². The zero-order valence-corrected chi connectivity index (χ0v) is 19.1. The highest BCUT2D eigenvalue weighted by atomic mass is 16.4. The normalized spacial score (nSPS) is 15.3. The van der Waals surface area contributed by atoms with Gasteiger partial charge >= 0.3 is 7.12 Å². The third kappa shape index (κ3) is 2.91. The molecule has 1 heterocycles. The maximum atomic E-state index is 9.81. The molecule has 1 aromatic heterocycles. The summed E-state index contributed by atoms with van der Waals surface area (Å²) in [6, 6.07) is 20.7. The standard InChI is InChI=1S/C28H28BNO2/c1-5-10-20-21-16-23-22-15-18(29(31)32)13-14-26(22)30(19-11-8-7-9-12-19)27(23)17-25(21)28(3,4)24(20)6-2/h5,7-17,31-32H,6H2,1-4H3/b10-5-. The summed E-state index contributed by atoms with van der Waals surface area (Å²) < 4.78 is 2.29. The molecule has 0 atom stereocenters.